The van der Waals surface area contributed by atoms with Gasteiger partial charge in [-0.15, -0.1) is 0 Å². The highest BCUT2D eigenvalue weighted by molar-refractivity contribution is 5.94. The maximum atomic E-state index is 13.4. The molecule has 0 N–H and O–H groups in total. The van der Waals surface area contributed by atoms with Crippen molar-refractivity contribution in [2.75, 3.05) is 84.6 Å². The molecule has 2 aliphatic rings. The number of carbonyl (C=O) groups excluding carboxylic acids is 1. The molecule has 2 aliphatic heterocycles. The molecule has 0 saturated carbocycles. The lowest BCUT2D eigenvalue weighted by molar-refractivity contribution is -0.0443. The first kappa shape index (κ1) is 25.6. The molecule has 2 saturated heterocycles. The van der Waals surface area contributed by atoms with E-state index in [1.807, 2.05) is 19.0 Å². The van der Waals surface area contributed by atoms with Crippen LogP contribution in [0.25, 0.3) is 0 Å². The second-order valence-electron chi connectivity index (χ2n) is 9.50. The number of amides is 1. The number of rotatable bonds is 9. The van der Waals surface area contributed by atoms with Gasteiger partial charge >= 0.3 is 0 Å². The summed E-state index contributed by atoms with van der Waals surface area (Å²) in [7, 11) is 4.08. The highest BCUT2D eigenvalue weighted by Gasteiger charge is 2.26. The van der Waals surface area contributed by atoms with Crippen molar-refractivity contribution >= 4 is 11.6 Å². The summed E-state index contributed by atoms with van der Waals surface area (Å²) >= 11 is 0. The van der Waals surface area contributed by atoms with Gasteiger partial charge in [-0.05, 0) is 42.0 Å². The van der Waals surface area contributed by atoms with Crippen molar-refractivity contribution < 1.29 is 18.7 Å². The fraction of sp³-hybridized carbons (Fsp3) is 0.519. The van der Waals surface area contributed by atoms with E-state index in [0.717, 1.165) is 52.5 Å². The fourth-order valence-corrected chi connectivity index (χ4v) is 4.58. The van der Waals surface area contributed by atoms with Crippen molar-refractivity contribution in [3.8, 4) is 0 Å². The Kier molecular flexibility index (Phi) is 9.09. The number of benzene rings is 2. The van der Waals surface area contributed by atoms with E-state index >= 15 is 0 Å². The number of hydrogen-bond donors (Lipinski definition) is 0. The number of anilines is 1. The monoisotopic (exact) mass is 484 g/mol. The predicted octanol–water partition coefficient (Wildman–Crippen LogP) is 2.57. The Morgan fingerprint density at radius 3 is 2.34 bits per heavy atom. The molecule has 1 unspecified atom stereocenters. The molecule has 0 bridgehead atoms. The number of ether oxygens (including phenoxy) is 2. The molecular weight excluding hydrogens is 447 g/mol. The zero-order chi connectivity index (χ0) is 24.6. The van der Waals surface area contributed by atoms with E-state index in [2.05, 4.69) is 39.0 Å². The van der Waals surface area contributed by atoms with Crippen molar-refractivity contribution in [2.45, 2.75) is 12.6 Å². The lowest BCUT2D eigenvalue weighted by Gasteiger charge is -2.37. The third-order valence-electron chi connectivity index (χ3n) is 6.67. The minimum absolute atomic E-state index is 0.0705. The van der Waals surface area contributed by atoms with E-state index in [0.29, 0.717) is 25.3 Å². The molecule has 2 aromatic carbocycles. The second kappa shape index (κ2) is 12.4. The molecule has 0 aromatic heterocycles. The zero-order valence-electron chi connectivity index (χ0n) is 20.9. The van der Waals surface area contributed by atoms with E-state index in [1.165, 1.54) is 23.4 Å². The summed E-state index contributed by atoms with van der Waals surface area (Å²) in [5.41, 5.74) is 2.95. The van der Waals surface area contributed by atoms with Gasteiger partial charge in [-0.2, -0.15) is 0 Å². The Morgan fingerprint density at radius 2 is 1.66 bits per heavy atom. The molecule has 0 spiro atoms. The predicted molar refractivity (Wildman–Crippen MR) is 135 cm³/mol. The van der Waals surface area contributed by atoms with E-state index in [9.17, 15) is 9.18 Å². The Bertz CT molecular complexity index is 932. The minimum atomic E-state index is -0.341. The minimum Gasteiger partial charge on any atom is -0.379 e. The van der Waals surface area contributed by atoms with Gasteiger partial charge in [0.25, 0.3) is 5.91 Å². The highest BCUT2D eigenvalue weighted by atomic mass is 19.1. The first-order valence-electron chi connectivity index (χ1n) is 12.4. The average Bonchev–Trinajstić information content (AvgIpc) is 2.88. The highest BCUT2D eigenvalue weighted by Crippen LogP contribution is 2.17. The van der Waals surface area contributed by atoms with Crippen molar-refractivity contribution in [3.63, 3.8) is 0 Å². The van der Waals surface area contributed by atoms with Gasteiger partial charge in [0, 0.05) is 77.7 Å². The van der Waals surface area contributed by atoms with Gasteiger partial charge in [0.1, 0.15) is 5.82 Å². The molecule has 0 radical (unpaired) electrons. The van der Waals surface area contributed by atoms with Crippen LogP contribution in [0.3, 0.4) is 0 Å². The van der Waals surface area contributed by atoms with Crippen molar-refractivity contribution in [1.82, 2.24) is 14.7 Å². The molecule has 2 aromatic rings. The van der Waals surface area contributed by atoms with Gasteiger partial charge in [-0.25, -0.2) is 4.39 Å². The van der Waals surface area contributed by atoms with Crippen LogP contribution in [0.5, 0.6) is 0 Å². The fourth-order valence-electron chi connectivity index (χ4n) is 4.58. The van der Waals surface area contributed by atoms with E-state index < -0.39 is 0 Å². The van der Waals surface area contributed by atoms with E-state index in [1.54, 1.807) is 12.1 Å². The molecule has 4 rings (SSSR count). The maximum Gasteiger partial charge on any atom is 0.253 e. The number of morpholine rings is 2. The molecule has 7 nitrogen and oxygen atoms in total. The third-order valence-corrected chi connectivity index (χ3v) is 6.67. The van der Waals surface area contributed by atoms with Gasteiger partial charge in [0.05, 0.1) is 25.9 Å². The summed E-state index contributed by atoms with van der Waals surface area (Å²) in [6.45, 7) is 8.22. The summed E-state index contributed by atoms with van der Waals surface area (Å²) in [6.07, 6.45) is -0.0705. The van der Waals surface area contributed by atoms with E-state index in [-0.39, 0.29) is 17.8 Å². The Balaban J connectivity index is 1.38. The molecule has 1 atom stereocenters. The Labute approximate surface area is 208 Å². The lowest BCUT2D eigenvalue weighted by Crippen LogP contribution is -2.50. The smallest absolute Gasteiger partial charge is 0.253 e. The van der Waals surface area contributed by atoms with Crippen molar-refractivity contribution in [2.24, 2.45) is 0 Å². The van der Waals surface area contributed by atoms with Gasteiger partial charge in [0.2, 0.25) is 0 Å². The second-order valence-corrected chi connectivity index (χ2v) is 9.50. The first-order valence-corrected chi connectivity index (χ1v) is 12.4. The van der Waals surface area contributed by atoms with Crippen LogP contribution in [0.2, 0.25) is 0 Å². The largest absolute Gasteiger partial charge is 0.379 e. The topological polar surface area (TPSA) is 48.5 Å². The average molecular weight is 485 g/mol. The summed E-state index contributed by atoms with van der Waals surface area (Å²) in [5.74, 6) is -0.426. The zero-order valence-corrected chi connectivity index (χ0v) is 20.9. The van der Waals surface area contributed by atoms with Crippen LogP contribution in [-0.4, -0.2) is 106 Å². The van der Waals surface area contributed by atoms with E-state index in [4.69, 9.17) is 9.47 Å². The van der Waals surface area contributed by atoms with Gasteiger partial charge < -0.3 is 19.3 Å². The van der Waals surface area contributed by atoms with Crippen LogP contribution in [0, 0.1) is 5.82 Å². The molecule has 2 fully saturated rings. The molecule has 1 amide bonds. The molecule has 2 heterocycles. The summed E-state index contributed by atoms with van der Waals surface area (Å²) < 4.78 is 25.0. The lowest BCUT2D eigenvalue weighted by atomic mass is 10.1. The maximum absolute atomic E-state index is 13.4. The summed E-state index contributed by atoms with van der Waals surface area (Å²) in [4.78, 5) is 22.0. The van der Waals surface area contributed by atoms with Gasteiger partial charge in [0.15, 0.2) is 0 Å². The van der Waals surface area contributed by atoms with Gasteiger partial charge in [-0.1, -0.05) is 12.1 Å². The van der Waals surface area contributed by atoms with Crippen molar-refractivity contribution in [3.05, 3.63) is 65.5 Å². The first-order chi connectivity index (χ1) is 17.0. The standard InChI is InChI=1S/C27H37FN4O3/c1-29(2)25-9-3-22(4-10-25)19-31-15-18-35-26(20-31)21-32(12-11-30-13-16-34-17-14-30)27(33)23-5-7-24(28)8-6-23/h3-10,26H,11-21H2,1-2H3. The van der Waals surface area contributed by atoms with Crippen LogP contribution in [-0.2, 0) is 16.0 Å². The molecule has 190 valence electrons. The molecule has 35 heavy (non-hydrogen) atoms. The van der Waals surface area contributed by atoms with Gasteiger partial charge in [-0.3, -0.25) is 14.6 Å². The number of nitrogens with zero attached hydrogens (tertiary/aromatic N) is 4. The summed E-state index contributed by atoms with van der Waals surface area (Å²) in [6, 6.07) is 14.4. The Hall–Kier alpha value is -2.52. The van der Waals surface area contributed by atoms with Crippen LogP contribution in [0.4, 0.5) is 10.1 Å². The number of carbonyl (C=O) groups is 1. The third kappa shape index (κ3) is 7.48. The van der Waals surface area contributed by atoms with Crippen molar-refractivity contribution in [1.29, 1.82) is 0 Å². The molecule has 8 heteroatoms. The quantitative estimate of drug-likeness (QED) is 0.545. The summed E-state index contributed by atoms with van der Waals surface area (Å²) in [5, 5.41) is 0. The molecular formula is C27H37FN4O3. The van der Waals surface area contributed by atoms with Crippen LogP contribution in [0.15, 0.2) is 48.5 Å². The van der Waals surface area contributed by atoms with Crippen LogP contribution >= 0.6 is 0 Å². The van der Waals surface area contributed by atoms with Crippen LogP contribution in [0.1, 0.15) is 15.9 Å². The Morgan fingerprint density at radius 1 is 0.971 bits per heavy atom. The normalized spacial score (nSPS) is 19.5. The number of hydrogen-bond acceptors (Lipinski definition) is 6. The molecule has 0 aliphatic carbocycles. The number of halogens is 1. The SMILES string of the molecule is CN(C)c1ccc(CN2CCOC(CN(CCN3CCOCC3)C(=O)c3ccc(F)cc3)C2)cc1. The van der Waals surface area contributed by atoms with Crippen LogP contribution < -0.4 is 4.90 Å².